The van der Waals surface area contributed by atoms with E-state index in [0.717, 1.165) is 0 Å². The van der Waals surface area contributed by atoms with Crippen molar-refractivity contribution in [2.75, 3.05) is 13.1 Å². The summed E-state index contributed by atoms with van der Waals surface area (Å²) in [5.41, 5.74) is 0. The third-order valence-corrected chi connectivity index (χ3v) is 5.43. The fourth-order valence-corrected chi connectivity index (χ4v) is 2.59. The number of hydrogen-bond donors (Lipinski definition) is 3. The Morgan fingerprint density at radius 1 is 0.311 bits per heavy atom. The van der Waals surface area contributed by atoms with Crippen molar-refractivity contribution < 1.29 is 124 Å². The Balaban J connectivity index is 6.18. The minimum Gasteiger partial charge on any atom is -0.385 e. The summed E-state index contributed by atoms with van der Waals surface area (Å²) < 4.78 is 338. The molecule has 0 amide bonds. The summed E-state index contributed by atoms with van der Waals surface area (Å²) in [4.78, 5) is 0. The summed E-state index contributed by atoms with van der Waals surface area (Å²) in [6, 6.07) is 0. The Morgan fingerprint density at radius 3 is 0.667 bits per heavy atom. The van der Waals surface area contributed by atoms with Crippen molar-refractivity contribution in [3.8, 4) is 0 Å². The molecular formula is C16H9F26NO2. The zero-order valence-electron chi connectivity index (χ0n) is 19.8. The van der Waals surface area contributed by atoms with E-state index in [1.807, 2.05) is 0 Å². The summed E-state index contributed by atoms with van der Waals surface area (Å²) >= 11 is 0. The van der Waals surface area contributed by atoms with Gasteiger partial charge in [0.1, 0.15) is 12.2 Å². The smallest absolute Gasteiger partial charge is 0.385 e. The van der Waals surface area contributed by atoms with Crippen molar-refractivity contribution in [1.29, 1.82) is 0 Å². The Kier molecular flexibility index (Phi) is 10.9. The molecule has 0 aliphatic heterocycles. The lowest BCUT2D eigenvalue weighted by Crippen LogP contribution is -2.72. The number of hydrogen-bond acceptors (Lipinski definition) is 3. The quantitative estimate of drug-likeness (QED) is 0.173. The van der Waals surface area contributed by atoms with E-state index in [0.29, 0.717) is 5.32 Å². The Labute approximate surface area is 228 Å². The molecule has 0 bridgehead atoms. The second-order valence-corrected chi connectivity index (χ2v) is 8.53. The molecule has 0 heterocycles. The van der Waals surface area contributed by atoms with Crippen LogP contribution in [0.25, 0.3) is 0 Å². The molecule has 29 heteroatoms. The van der Waals surface area contributed by atoms with Gasteiger partial charge < -0.3 is 15.5 Å². The summed E-state index contributed by atoms with van der Waals surface area (Å²) in [6.45, 7) is -5.92. The monoisotopic (exact) mass is 741 g/mol. The van der Waals surface area contributed by atoms with Gasteiger partial charge in [-0.25, -0.2) is 0 Å². The summed E-state index contributed by atoms with van der Waals surface area (Å²) in [7, 11) is 0. The maximum Gasteiger partial charge on any atom is 0.460 e. The molecule has 2 unspecified atom stereocenters. The standard InChI is InChI=1S/C16H9F26NO2/c17-5(18,7(21,22)9(25,26)11(29,30)13(33,34)15(37,38)39)3(44)1-43-2-4(45)6(19,20)8(23,24)10(27,28)12(31,32)14(35,36)16(40,41)42/h3-4,43-45H,1-2H2. The number of rotatable bonds is 14. The van der Waals surface area contributed by atoms with Gasteiger partial charge in [-0.15, -0.1) is 0 Å². The first-order valence-corrected chi connectivity index (χ1v) is 10.0. The molecule has 272 valence electrons. The van der Waals surface area contributed by atoms with Crippen LogP contribution in [0.2, 0.25) is 0 Å². The van der Waals surface area contributed by atoms with Crippen LogP contribution >= 0.6 is 0 Å². The summed E-state index contributed by atoms with van der Waals surface area (Å²) in [6.07, 6.45) is -25.5. The van der Waals surface area contributed by atoms with Gasteiger partial charge in [0.05, 0.1) is 0 Å². The molecule has 0 rings (SSSR count). The third-order valence-electron chi connectivity index (χ3n) is 5.43. The molecule has 3 nitrogen and oxygen atoms in total. The Morgan fingerprint density at radius 2 is 0.489 bits per heavy atom. The van der Waals surface area contributed by atoms with Crippen LogP contribution in [0.15, 0.2) is 0 Å². The van der Waals surface area contributed by atoms with Gasteiger partial charge in [-0.2, -0.15) is 114 Å². The molecule has 0 aliphatic rings. The van der Waals surface area contributed by atoms with Gasteiger partial charge in [0.2, 0.25) is 0 Å². The van der Waals surface area contributed by atoms with E-state index in [2.05, 4.69) is 0 Å². The number of halogens is 26. The second-order valence-electron chi connectivity index (χ2n) is 8.53. The van der Waals surface area contributed by atoms with E-state index in [-0.39, 0.29) is 0 Å². The molecular weight excluding hydrogens is 732 g/mol. The predicted molar refractivity (Wildman–Crippen MR) is 86.5 cm³/mol. The van der Waals surface area contributed by atoms with E-state index in [1.54, 1.807) is 0 Å². The molecule has 0 radical (unpaired) electrons. The van der Waals surface area contributed by atoms with E-state index in [1.165, 1.54) is 0 Å². The number of nitrogens with one attached hydrogen (secondary N) is 1. The molecule has 0 aliphatic carbocycles. The average Bonchev–Trinajstić information content (AvgIpc) is 2.81. The first-order chi connectivity index (χ1) is 19.0. The van der Waals surface area contributed by atoms with Crippen LogP contribution in [0.4, 0.5) is 114 Å². The van der Waals surface area contributed by atoms with Crippen molar-refractivity contribution >= 4 is 0 Å². The SMILES string of the molecule is OC(CNCC(O)C(F)(F)C(F)(F)C(F)(F)C(F)(F)C(F)(F)C(F)(F)F)C(F)(F)C(F)(F)C(F)(F)C(F)(F)C(F)(F)C(F)(F)F. The molecule has 0 aromatic carbocycles. The van der Waals surface area contributed by atoms with E-state index in [9.17, 15) is 114 Å². The van der Waals surface area contributed by atoms with Crippen molar-refractivity contribution in [2.24, 2.45) is 0 Å². The van der Waals surface area contributed by atoms with E-state index in [4.69, 9.17) is 10.2 Å². The van der Waals surface area contributed by atoms with Crippen LogP contribution in [-0.4, -0.2) is 107 Å². The molecule has 0 fully saturated rings. The van der Waals surface area contributed by atoms with E-state index >= 15 is 0 Å². The minimum absolute atomic E-state index is 0.383. The van der Waals surface area contributed by atoms with Crippen molar-refractivity contribution in [2.45, 2.75) is 83.8 Å². The lowest BCUT2D eigenvalue weighted by molar-refractivity contribution is -0.444. The van der Waals surface area contributed by atoms with Gasteiger partial charge in [0.15, 0.2) is 0 Å². The molecule has 2 atom stereocenters. The maximum atomic E-state index is 13.7. The highest BCUT2D eigenvalue weighted by molar-refractivity contribution is 5.13. The van der Waals surface area contributed by atoms with Gasteiger partial charge in [-0.05, 0) is 0 Å². The predicted octanol–water partition coefficient (Wildman–Crippen LogP) is 6.78. The van der Waals surface area contributed by atoms with Crippen molar-refractivity contribution in [3.63, 3.8) is 0 Å². The van der Waals surface area contributed by atoms with Gasteiger partial charge in [-0.3, -0.25) is 0 Å². The third kappa shape index (κ3) is 6.00. The number of alkyl halides is 26. The van der Waals surface area contributed by atoms with Crippen molar-refractivity contribution in [1.82, 2.24) is 5.32 Å². The molecule has 0 saturated heterocycles. The topological polar surface area (TPSA) is 52.5 Å². The van der Waals surface area contributed by atoms with Gasteiger partial charge >= 0.3 is 71.6 Å². The van der Waals surface area contributed by atoms with Crippen LogP contribution in [0.3, 0.4) is 0 Å². The minimum atomic E-state index is -8.51. The zero-order chi connectivity index (χ0) is 37.3. The number of aliphatic hydroxyl groups excluding tert-OH is 2. The highest BCUT2D eigenvalue weighted by Crippen LogP contribution is 2.62. The molecule has 3 N–H and O–H groups in total. The van der Waals surface area contributed by atoms with Gasteiger partial charge in [-0.1, -0.05) is 0 Å². The van der Waals surface area contributed by atoms with Crippen molar-refractivity contribution in [3.05, 3.63) is 0 Å². The lowest BCUT2D eigenvalue weighted by atomic mass is 9.91. The summed E-state index contributed by atoms with van der Waals surface area (Å²) in [5, 5.41) is 18.1. The first kappa shape index (κ1) is 43.1. The van der Waals surface area contributed by atoms with Crippen LogP contribution in [0.1, 0.15) is 0 Å². The van der Waals surface area contributed by atoms with Crippen LogP contribution in [0.5, 0.6) is 0 Å². The van der Waals surface area contributed by atoms with Gasteiger partial charge in [0, 0.05) is 13.1 Å². The van der Waals surface area contributed by atoms with Crippen LogP contribution in [0, 0.1) is 0 Å². The highest BCUT2D eigenvalue weighted by atomic mass is 19.4. The molecule has 0 spiro atoms. The fraction of sp³-hybridized carbons (Fsp3) is 1.00. The fourth-order valence-electron chi connectivity index (χ4n) is 2.59. The Bertz CT molecular complexity index is 947. The first-order valence-electron chi connectivity index (χ1n) is 10.0. The lowest BCUT2D eigenvalue weighted by Gasteiger charge is -2.41. The highest BCUT2D eigenvalue weighted by Gasteiger charge is 2.92. The van der Waals surface area contributed by atoms with Gasteiger partial charge in [0.25, 0.3) is 0 Å². The normalized spacial score (nSPS) is 17.9. The van der Waals surface area contributed by atoms with E-state index < -0.39 is 96.9 Å². The average molecular weight is 741 g/mol. The van der Waals surface area contributed by atoms with Crippen LogP contribution < -0.4 is 5.32 Å². The van der Waals surface area contributed by atoms with Crippen LogP contribution in [-0.2, 0) is 0 Å². The zero-order valence-corrected chi connectivity index (χ0v) is 19.8. The molecule has 0 aromatic rings. The molecule has 0 aromatic heterocycles. The maximum absolute atomic E-state index is 13.7. The molecule has 0 saturated carbocycles. The largest absolute Gasteiger partial charge is 0.460 e. The second kappa shape index (κ2) is 11.3. The summed E-state index contributed by atoms with van der Waals surface area (Å²) in [5.74, 6) is -81.7. The Hall–Kier alpha value is -1.94. The molecule has 45 heavy (non-hydrogen) atoms. The number of aliphatic hydroxyl groups is 2.